The minimum Gasteiger partial charge on any atom is -0.392 e. The molecule has 2 rings (SSSR count). The maximum absolute atomic E-state index is 9.32. The molecule has 1 N–H and O–H groups in total. The molecule has 0 unspecified atom stereocenters. The Hall–Kier alpha value is -0.410. The van der Waals surface area contributed by atoms with E-state index in [4.69, 9.17) is 34.8 Å². The van der Waals surface area contributed by atoms with E-state index in [1.807, 2.05) is 11.5 Å². The van der Waals surface area contributed by atoms with Gasteiger partial charge in [-0.1, -0.05) is 34.8 Å². The fourth-order valence-corrected chi connectivity index (χ4v) is 2.85. The normalized spacial score (nSPS) is 11.3. The lowest BCUT2D eigenvalue weighted by Crippen LogP contribution is -1.94. The van der Waals surface area contributed by atoms with Crippen molar-refractivity contribution in [2.24, 2.45) is 0 Å². The Morgan fingerprint density at radius 3 is 2.50 bits per heavy atom. The molecule has 0 aliphatic carbocycles. The smallest absolute Gasteiger partial charge is 0.115 e. The van der Waals surface area contributed by atoms with Crippen LogP contribution in [0.1, 0.15) is 12.5 Å². The van der Waals surface area contributed by atoms with Gasteiger partial charge in [-0.15, -0.1) is 0 Å². The fourth-order valence-electron chi connectivity index (χ4n) is 1.89. The van der Waals surface area contributed by atoms with Gasteiger partial charge < -0.3 is 9.67 Å². The molecule has 0 fully saturated rings. The summed E-state index contributed by atoms with van der Waals surface area (Å²) in [5.74, 6) is 0. The maximum atomic E-state index is 9.32. The minimum absolute atomic E-state index is 0.126. The molecule has 0 spiro atoms. The zero-order valence-electron chi connectivity index (χ0n) is 8.60. The molecule has 1 heterocycles. The summed E-state index contributed by atoms with van der Waals surface area (Å²) in [6.07, 6.45) is 0. The second-order valence-electron chi connectivity index (χ2n) is 3.46. The van der Waals surface area contributed by atoms with E-state index in [2.05, 4.69) is 0 Å². The second-order valence-corrected chi connectivity index (χ2v) is 4.66. The number of rotatable bonds is 2. The van der Waals surface area contributed by atoms with E-state index in [1.165, 1.54) is 0 Å². The molecule has 0 atom stereocenters. The molecule has 1 aromatic carbocycles. The Balaban J connectivity index is 2.94. The number of hydrogen-bond donors (Lipinski definition) is 1. The van der Waals surface area contributed by atoms with E-state index in [0.29, 0.717) is 27.3 Å². The molecule has 2 nitrogen and oxygen atoms in total. The van der Waals surface area contributed by atoms with Gasteiger partial charge in [-0.05, 0) is 19.1 Å². The van der Waals surface area contributed by atoms with Crippen LogP contribution in [0.4, 0.5) is 0 Å². The molecule has 0 bridgehead atoms. The number of fused-ring (bicyclic) bond motifs is 1. The van der Waals surface area contributed by atoms with E-state index in [9.17, 15) is 5.11 Å². The van der Waals surface area contributed by atoms with Crippen molar-refractivity contribution in [2.75, 3.05) is 0 Å². The summed E-state index contributed by atoms with van der Waals surface area (Å²) in [5, 5.41) is 11.7. The van der Waals surface area contributed by atoms with Gasteiger partial charge in [0.1, 0.15) is 5.15 Å². The van der Waals surface area contributed by atoms with Crippen molar-refractivity contribution in [3.63, 3.8) is 0 Å². The van der Waals surface area contributed by atoms with Crippen LogP contribution in [0.25, 0.3) is 10.9 Å². The Kier molecular flexibility index (Phi) is 3.36. The number of aryl methyl sites for hydroxylation is 1. The zero-order valence-corrected chi connectivity index (χ0v) is 10.9. The lowest BCUT2D eigenvalue weighted by molar-refractivity contribution is 0.283. The summed E-state index contributed by atoms with van der Waals surface area (Å²) in [7, 11) is 0. The van der Waals surface area contributed by atoms with Crippen molar-refractivity contribution in [1.82, 2.24) is 4.57 Å². The van der Waals surface area contributed by atoms with E-state index < -0.39 is 0 Å². The van der Waals surface area contributed by atoms with Crippen molar-refractivity contribution in [1.29, 1.82) is 0 Å². The monoisotopic (exact) mass is 277 g/mol. The molecule has 0 saturated carbocycles. The highest BCUT2D eigenvalue weighted by Gasteiger charge is 2.17. The third kappa shape index (κ3) is 1.70. The molecule has 0 saturated heterocycles. The van der Waals surface area contributed by atoms with E-state index in [0.717, 1.165) is 10.9 Å². The van der Waals surface area contributed by atoms with Gasteiger partial charge in [0.05, 0.1) is 17.1 Å². The highest BCUT2D eigenvalue weighted by Crippen LogP contribution is 2.36. The lowest BCUT2D eigenvalue weighted by Gasteiger charge is -2.04. The molecule has 0 aliphatic rings. The van der Waals surface area contributed by atoms with Crippen molar-refractivity contribution in [3.8, 4) is 0 Å². The third-order valence-electron chi connectivity index (χ3n) is 2.58. The summed E-state index contributed by atoms with van der Waals surface area (Å²) in [6.45, 7) is 2.53. The van der Waals surface area contributed by atoms with E-state index in [-0.39, 0.29) is 6.61 Å². The van der Waals surface area contributed by atoms with Crippen LogP contribution in [0, 0.1) is 0 Å². The number of aromatic nitrogens is 1. The Morgan fingerprint density at radius 2 is 1.94 bits per heavy atom. The van der Waals surface area contributed by atoms with Crippen molar-refractivity contribution in [3.05, 3.63) is 32.9 Å². The Labute approximate surface area is 108 Å². The number of aliphatic hydroxyl groups is 1. The molecule has 0 amide bonds. The number of halogens is 3. The standard InChI is InChI=1S/C11H10Cl3NO/c1-2-15-10-7(8(5-16)11(15)14)3-6(12)4-9(10)13/h3-4,16H,2,5H2,1H3. The van der Waals surface area contributed by atoms with Crippen LogP contribution in [0.3, 0.4) is 0 Å². The minimum atomic E-state index is -0.126. The zero-order chi connectivity index (χ0) is 11.9. The molecule has 2 aromatic rings. The number of hydrogen-bond acceptors (Lipinski definition) is 1. The van der Waals surface area contributed by atoms with Gasteiger partial charge in [0.2, 0.25) is 0 Å². The third-order valence-corrected chi connectivity index (χ3v) is 3.52. The average molecular weight is 279 g/mol. The molecule has 0 radical (unpaired) electrons. The van der Waals surface area contributed by atoms with Gasteiger partial charge >= 0.3 is 0 Å². The number of benzene rings is 1. The number of aliphatic hydroxyl groups excluding tert-OH is 1. The first-order chi connectivity index (χ1) is 7.60. The summed E-state index contributed by atoms with van der Waals surface area (Å²) < 4.78 is 1.86. The first-order valence-corrected chi connectivity index (χ1v) is 6.00. The van der Waals surface area contributed by atoms with Crippen LogP contribution >= 0.6 is 34.8 Å². The van der Waals surface area contributed by atoms with Crippen LogP contribution < -0.4 is 0 Å². The highest BCUT2D eigenvalue weighted by atomic mass is 35.5. The second kappa shape index (κ2) is 4.46. The molecule has 5 heteroatoms. The largest absolute Gasteiger partial charge is 0.392 e. The van der Waals surface area contributed by atoms with Gasteiger partial charge in [-0.2, -0.15) is 0 Å². The molecule has 86 valence electrons. The van der Waals surface area contributed by atoms with Crippen LogP contribution in [-0.4, -0.2) is 9.67 Å². The quantitative estimate of drug-likeness (QED) is 0.878. The molecule has 16 heavy (non-hydrogen) atoms. The maximum Gasteiger partial charge on any atom is 0.115 e. The molecule has 0 aliphatic heterocycles. The van der Waals surface area contributed by atoms with Crippen LogP contribution in [0.2, 0.25) is 15.2 Å². The average Bonchev–Trinajstić information content (AvgIpc) is 2.49. The van der Waals surface area contributed by atoms with E-state index in [1.54, 1.807) is 12.1 Å². The predicted molar refractivity (Wildman–Crippen MR) is 68.6 cm³/mol. The first-order valence-electron chi connectivity index (χ1n) is 4.86. The van der Waals surface area contributed by atoms with Crippen molar-refractivity contribution >= 4 is 45.7 Å². The van der Waals surface area contributed by atoms with Crippen molar-refractivity contribution in [2.45, 2.75) is 20.1 Å². The molecular formula is C11H10Cl3NO. The van der Waals surface area contributed by atoms with Gasteiger partial charge in [0, 0.05) is 22.5 Å². The topological polar surface area (TPSA) is 25.2 Å². The van der Waals surface area contributed by atoms with E-state index >= 15 is 0 Å². The highest BCUT2D eigenvalue weighted by molar-refractivity contribution is 6.39. The summed E-state index contributed by atoms with van der Waals surface area (Å²) in [6, 6.07) is 3.45. The van der Waals surface area contributed by atoms with Gasteiger partial charge in [0.15, 0.2) is 0 Å². The van der Waals surface area contributed by atoms with Crippen LogP contribution in [-0.2, 0) is 13.2 Å². The van der Waals surface area contributed by atoms with Gasteiger partial charge in [0.25, 0.3) is 0 Å². The Bertz CT molecular complexity index is 548. The summed E-state index contributed by atoms with van der Waals surface area (Å²) >= 11 is 18.3. The molecular weight excluding hydrogens is 268 g/mol. The fraction of sp³-hybridized carbons (Fsp3) is 0.273. The Morgan fingerprint density at radius 1 is 1.25 bits per heavy atom. The lowest BCUT2D eigenvalue weighted by atomic mass is 10.2. The van der Waals surface area contributed by atoms with Crippen LogP contribution in [0.5, 0.6) is 0 Å². The van der Waals surface area contributed by atoms with Gasteiger partial charge in [-0.25, -0.2) is 0 Å². The first kappa shape index (κ1) is 12.1. The molecule has 1 aromatic heterocycles. The predicted octanol–water partition coefficient (Wildman–Crippen LogP) is 4.11. The number of nitrogens with zero attached hydrogens (tertiary/aromatic N) is 1. The SMILES string of the molecule is CCn1c(Cl)c(CO)c2cc(Cl)cc(Cl)c21. The summed E-state index contributed by atoms with van der Waals surface area (Å²) in [5.41, 5.74) is 1.49. The summed E-state index contributed by atoms with van der Waals surface area (Å²) in [4.78, 5) is 0. The van der Waals surface area contributed by atoms with Crippen LogP contribution in [0.15, 0.2) is 12.1 Å². The van der Waals surface area contributed by atoms with Gasteiger partial charge in [-0.3, -0.25) is 0 Å². The van der Waals surface area contributed by atoms with Crippen molar-refractivity contribution < 1.29 is 5.11 Å².